The molecule has 1 fully saturated rings. The zero-order valence-corrected chi connectivity index (χ0v) is 8.17. The fraction of sp³-hybridized carbons (Fsp3) is 0.455. The molecule has 0 saturated carbocycles. The number of nitrogens with one attached hydrogen (secondary N) is 1. The normalized spacial score (nSPS) is 22.8. The van der Waals surface area contributed by atoms with Gasteiger partial charge in [-0.05, 0) is 18.2 Å². The number of nitrogens with zero attached hydrogens (tertiary/aromatic N) is 1. The Balaban J connectivity index is 2.06. The minimum Gasteiger partial charge on any atom is -0.372 e. The van der Waals surface area contributed by atoms with Gasteiger partial charge in [0.1, 0.15) is 5.83 Å². The van der Waals surface area contributed by atoms with Crippen molar-refractivity contribution < 1.29 is 4.39 Å². The predicted molar refractivity (Wildman–Crippen MR) is 55.5 cm³/mol. The van der Waals surface area contributed by atoms with Gasteiger partial charge in [-0.3, -0.25) is 0 Å². The summed E-state index contributed by atoms with van der Waals surface area (Å²) in [7, 11) is 0. The summed E-state index contributed by atoms with van der Waals surface area (Å²) in [6.45, 7) is 4.09. The van der Waals surface area contributed by atoms with Crippen LogP contribution in [0.3, 0.4) is 0 Å². The topological polar surface area (TPSA) is 15.3 Å². The lowest BCUT2D eigenvalue weighted by Crippen LogP contribution is -2.42. The highest BCUT2D eigenvalue weighted by Crippen LogP contribution is 2.16. The van der Waals surface area contributed by atoms with Crippen LogP contribution in [0.4, 0.5) is 4.39 Å². The molecule has 1 aliphatic carbocycles. The molecular formula is C11H15FN2. The second-order valence-corrected chi connectivity index (χ2v) is 3.55. The lowest BCUT2D eigenvalue weighted by atomic mass is 10.2. The van der Waals surface area contributed by atoms with Crippen molar-refractivity contribution >= 4 is 0 Å². The van der Waals surface area contributed by atoms with Gasteiger partial charge in [-0.25, -0.2) is 4.39 Å². The Labute approximate surface area is 83.8 Å². The quantitative estimate of drug-likeness (QED) is 0.682. The molecule has 2 rings (SSSR count). The highest BCUT2D eigenvalue weighted by molar-refractivity contribution is 5.26. The largest absolute Gasteiger partial charge is 0.372 e. The van der Waals surface area contributed by atoms with Gasteiger partial charge < -0.3 is 10.2 Å². The summed E-state index contributed by atoms with van der Waals surface area (Å²) in [5.41, 5.74) is 1.22. The average Bonchev–Trinajstić information content (AvgIpc) is 2.44. The van der Waals surface area contributed by atoms with Crippen molar-refractivity contribution in [1.29, 1.82) is 0 Å². The molecule has 1 N–H and O–H groups in total. The van der Waals surface area contributed by atoms with Gasteiger partial charge in [0.25, 0.3) is 0 Å². The van der Waals surface area contributed by atoms with Crippen LogP contribution in [0.5, 0.6) is 0 Å². The molecule has 2 aliphatic rings. The van der Waals surface area contributed by atoms with E-state index in [1.807, 2.05) is 12.2 Å². The smallest absolute Gasteiger partial charge is 0.122 e. The first kappa shape index (κ1) is 9.46. The van der Waals surface area contributed by atoms with Crippen LogP contribution in [0.15, 0.2) is 35.8 Å². The molecule has 0 aromatic heterocycles. The standard InChI is InChI=1S/C11H15FN2/c12-10-2-1-3-11(5-4-10)14-8-6-13-7-9-14/h1-2,4-5,13H,3,6-9H2. The molecule has 1 heterocycles. The van der Waals surface area contributed by atoms with Crippen molar-refractivity contribution in [3.05, 3.63) is 35.8 Å². The summed E-state index contributed by atoms with van der Waals surface area (Å²) in [5, 5.41) is 3.30. The van der Waals surface area contributed by atoms with E-state index in [9.17, 15) is 4.39 Å². The van der Waals surface area contributed by atoms with E-state index in [4.69, 9.17) is 0 Å². The van der Waals surface area contributed by atoms with Crippen molar-refractivity contribution in [2.24, 2.45) is 0 Å². The fourth-order valence-corrected chi connectivity index (χ4v) is 1.78. The third-order valence-corrected chi connectivity index (χ3v) is 2.56. The lowest BCUT2D eigenvalue weighted by Gasteiger charge is -2.31. The molecule has 0 unspecified atom stereocenters. The first-order valence-corrected chi connectivity index (χ1v) is 5.05. The Morgan fingerprint density at radius 3 is 2.79 bits per heavy atom. The lowest BCUT2D eigenvalue weighted by molar-refractivity contribution is 0.295. The Hall–Kier alpha value is -1.09. The average molecular weight is 194 g/mol. The molecule has 2 nitrogen and oxygen atoms in total. The SMILES string of the molecule is FC1=CC=C(N2CCNCC2)CC=C1. The summed E-state index contributed by atoms with van der Waals surface area (Å²) in [5.74, 6) is -0.157. The van der Waals surface area contributed by atoms with Crippen LogP contribution in [0, 0.1) is 0 Å². The van der Waals surface area contributed by atoms with Gasteiger partial charge in [0.05, 0.1) is 0 Å². The minimum absolute atomic E-state index is 0.157. The zero-order valence-electron chi connectivity index (χ0n) is 8.17. The van der Waals surface area contributed by atoms with E-state index >= 15 is 0 Å². The van der Waals surface area contributed by atoms with E-state index in [2.05, 4.69) is 10.2 Å². The van der Waals surface area contributed by atoms with Gasteiger partial charge in [0, 0.05) is 38.3 Å². The zero-order chi connectivity index (χ0) is 9.80. The summed E-state index contributed by atoms with van der Waals surface area (Å²) in [6, 6.07) is 0. The van der Waals surface area contributed by atoms with Gasteiger partial charge in [-0.15, -0.1) is 0 Å². The molecule has 0 radical (unpaired) electrons. The van der Waals surface area contributed by atoms with Crippen LogP contribution in [0.1, 0.15) is 6.42 Å². The minimum atomic E-state index is -0.157. The highest BCUT2D eigenvalue weighted by Gasteiger charge is 2.12. The van der Waals surface area contributed by atoms with Crippen LogP contribution in [-0.4, -0.2) is 31.1 Å². The molecule has 0 amide bonds. The van der Waals surface area contributed by atoms with E-state index in [0.717, 1.165) is 32.6 Å². The van der Waals surface area contributed by atoms with Gasteiger partial charge in [-0.2, -0.15) is 0 Å². The predicted octanol–water partition coefficient (Wildman–Crippen LogP) is 1.59. The third-order valence-electron chi connectivity index (χ3n) is 2.56. The van der Waals surface area contributed by atoms with E-state index < -0.39 is 0 Å². The van der Waals surface area contributed by atoms with E-state index in [0.29, 0.717) is 0 Å². The molecule has 0 spiro atoms. The molecule has 14 heavy (non-hydrogen) atoms. The maximum Gasteiger partial charge on any atom is 0.122 e. The monoisotopic (exact) mass is 194 g/mol. The molecule has 1 aliphatic heterocycles. The van der Waals surface area contributed by atoms with Crippen molar-refractivity contribution in [1.82, 2.24) is 10.2 Å². The molecule has 0 atom stereocenters. The fourth-order valence-electron chi connectivity index (χ4n) is 1.78. The van der Waals surface area contributed by atoms with Gasteiger partial charge in [-0.1, -0.05) is 6.08 Å². The van der Waals surface area contributed by atoms with Gasteiger partial charge >= 0.3 is 0 Å². The molecule has 3 heteroatoms. The van der Waals surface area contributed by atoms with E-state index in [-0.39, 0.29) is 5.83 Å². The van der Waals surface area contributed by atoms with Crippen molar-refractivity contribution in [3.63, 3.8) is 0 Å². The van der Waals surface area contributed by atoms with E-state index in [1.54, 1.807) is 6.08 Å². The van der Waals surface area contributed by atoms with Crippen LogP contribution < -0.4 is 5.32 Å². The van der Waals surface area contributed by atoms with Gasteiger partial charge in [0.15, 0.2) is 0 Å². The second kappa shape index (κ2) is 4.42. The number of halogens is 1. The number of allylic oxidation sites excluding steroid dienone is 5. The van der Waals surface area contributed by atoms with Crippen LogP contribution in [-0.2, 0) is 0 Å². The first-order valence-electron chi connectivity index (χ1n) is 5.05. The highest BCUT2D eigenvalue weighted by atomic mass is 19.1. The molecule has 0 aromatic rings. The Bertz CT molecular complexity index is 286. The second-order valence-electron chi connectivity index (χ2n) is 3.55. The third kappa shape index (κ3) is 2.23. The Morgan fingerprint density at radius 2 is 2.00 bits per heavy atom. The Morgan fingerprint density at radius 1 is 1.21 bits per heavy atom. The maximum absolute atomic E-state index is 12.9. The molecule has 76 valence electrons. The molecular weight excluding hydrogens is 179 g/mol. The van der Waals surface area contributed by atoms with E-state index in [1.165, 1.54) is 11.8 Å². The van der Waals surface area contributed by atoms with Crippen LogP contribution in [0.25, 0.3) is 0 Å². The van der Waals surface area contributed by atoms with Crippen molar-refractivity contribution in [2.75, 3.05) is 26.2 Å². The maximum atomic E-state index is 12.9. The van der Waals surface area contributed by atoms with Crippen LogP contribution >= 0.6 is 0 Å². The summed E-state index contributed by atoms with van der Waals surface area (Å²) < 4.78 is 12.9. The summed E-state index contributed by atoms with van der Waals surface area (Å²) >= 11 is 0. The number of piperazine rings is 1. The first-order chi connectivity index (χ1) is 6.86. The van der Waals surface area contributed by atoms with Crippen LogP contribution in [0.2, 0.25) is 0 Å². The Kier molecular flexibility index (Phi) is 2.99. The number of hydrogen-bond donors (Lipinski definition) is 1. The van der Waals surface area contributed by atoms with Crippen molar-refractivity contribution in [3.8, 4) is 0 Å². The molecule has 0 bridgehead atoms. The molecule has 0 aromatic carbocycles. The van der Waals surface area contributed by atoms with Gasteiger partial charge in [0.2, 0.25) is 0 Å². The van der Waals surface area contributed by atoms with Crippen molar-refractivity contribution in [2.45, 2.75) is 6.42 Å². The summed E-state index contributed by atoms with van der Waals surface area (Å²) in [4.78, 5) is 2.32. The number of hydrogen-bond acceptors (Lipinski definition) is 2. The summed E-state index contributed by atoms with van der Waals surface area (Å²) in [6.07, 6.45) is 7.68. The molecule has 1 saturated heterocycles. The number of rotatable bonds is 1.